The van der Waals surface area contributed by atoms with Gasteiger partial charge in [-0.15, -0.1) is 0 Å². The number of nitrogens with one attached hydrogen (secondary N) is 2. The molecule has 2 N–H and O–H groups in total. The highest BCUT2D eigenvalue weighted by molar-refractivity contribution is 5.21. The van der Waals surface area contributed by atoms with Gasteiger partial charge in [-0.1, -0.05) is 6.92 Å². The van der Waals surface area contributed by atoms with E-state index < -0.39 is 0 Å². The van der Waals surface area contributed by atoms with E-state index in [1.54, 1.807) is 7.11 Å². The Morgan fingerprint density at radius 3 is 3.06 bits per heavy atom. The second kappa shape index (κ2) is 4.76. The predicted octanol–water partition coefficient (Wildman–Crippen LogP) is 0.513. The zero-order valence-corrected chi connectivity index (χ0v) is 9.67. The summed E-state index contributed by atoms with van der Waals surface area (Å²) in [6.45, 7) is 3.52. The Kier molecular flexibility index (Phi) is 3.36. The molecule has 0 fully saturated rings. The van der Waals surface area contributed by atoms with E-state index in [1.807, 2.05) is 6.92 Å². The minimum atomic E-state index is -0.125. The molecule has 2 rings (SSSR count). The average Bonchev–Trinajstić information content (AvgIpc) is 2.31. The Labute approximate surface area is 94.2 Å². The molecule has 88 valence electrons. The SMILES string of the molecule is CCC(OC)c1nc2c(c(=O)[nH]1)CCNC2. The maximum atomic E-state index is 11.8. The Balaban J connectivity index is 2.42. The zero-order chi connectivity index (χ0) is 11.5. The van der Waals surface area contributed by atoms with E-state index in [2.05, 4.69) is 15.3 Å². The number of hydrogen-bond acceptors (Lipinski definition) is 4. The third kappa shape index (κ3) is 2.01. The van der Waals surface area contributed by atoms with Crippen LogP contribution in [0, 0.1) is 0 Å². The van der Waals surface area contributed by atoms with Crippen LogP contribution in [0.25, 0.3) is 0 Å². The molecule has 1 aromatic rings. The highest BCUT2D eigenvalue weighted by Gasteiger charge is 2.18. The van der Waals surface area contributed by atoms with Crippen LogP contribution in [-0.2, 0) is 17.7 Å². The van der Waals surface area contributed by atoms with Crippen molar-refractivity contribution in [1.82, 2.24) is 15.3 Å². The number of H-pyrrole nitrogens is 1. The Morgan fingerprint density at radius 1 is 1.56 bits per heavy atom. The van der Waals surface area contributed by atoms with Crippen LogP contribution in [0.1, 0.15) is 36.5 Å². The lowest BCUT2D eigenvalue weighted by molar-refractivity contribution is 0.0920. The summed E-state index contributed by atoms with van der Waals surface area (Å²) in [6, 6.07) is 0. The molecular weight excluding hydrogens is 206 g/mol. The van der Waals surface area contributed by atoms with Crippen molar-refractivity contribution >= 4 is 0 Å². The van der Waals surface area contributed by atoms with Crippen LogP contribution >= 0.6 is 0 Å². The number of fused-ring (bicyclic) bond motifs is 1. The van der Waals surface area contributed by atoms with Gasteiger partial charge in [0.25, 0.3) is 5.56 Å². The highest BCUT2D eigenvalue weighted by atomic mass is 16.5. The number of rotatable bonds is 3. The van der Waals surface area contributed by atoms with Gasteiger partial charge in [-0.25, -0.2) is 4.98 Å². The van der Waals surface area contributed by atoms with Crippen molar-refractivity contribution in [3.05, 3.63) is 27.4 Å². The fraction of sp³-hybridized carbons (Fsp3) is 0.636. The van der Waals surface area contributed by atoms with Gasteiger partial charge in [-0.3, -0.25) is 4.79 Å². The molecule has 0 amide bonds. The van der Waals surface area contributed by atoms with E-state index in [1.165, 1.54) is 0 Å². The summed E-state index contributed by atoms with van der Waals surface area (Å²) >= 11 is 0. The maximum Gasteiger partial charge on any atom is 0.254 e. The highest BCUT2D eigenvalue weighted by Crippen LogP contribution is 2.16. The number of methoxy groups -OCH3 is 1. The second-order valence-electron chi connectivity index (χ2n) is 3.94. The van der Waals surface area contributed by atoms with Gasteiger partial charge < -0.3 is 15.0 Å². The number of hydrogen-bond donors (Lipinski definition) is 2. The standard InChI is InChI=1S/C11H17N3O2/c1-3-9(16-2)10-13-8-6-12-5-4-7(8)11(15)14-10/h9,12H,3-6H2,1-2H3,(H,13,14,15). The topological polar surface area (TPSA) is 67.0 Å². The molecule has 1 aliphatic heterocycles. The molecule has 0 saturated heterocycles. The quantitative estimate of drug-likeness (QED) is 0.783. The molecule has 2 heterocycles. The predicted molar refractivity (Wildman–Crippen MR) is 60.3 cm³/mol. The Hall–Kier alpha value is -1.20. The van der Waals surface area contributed by atoms with Crippen molar-refractivity contribution in [1.29, 1.82) is 0 Å². The van der Waals surface area contributed by atoms with Crippen LogP contribution in [0.5, 0.6) is 0 Å². The first kappa shape index (κ1) is 11.3. The molecule has 1 aliphatic rings. The monoisotopic (exact) mass is 223 g/mol. The first-order chi connectivity index (χ1) is 7.76. The summed E-state index contributed by atoms with van der Waals surface area (Å²) in [6.07, 6.45) is 1.42. The lowest BCUT2D eigenvalue weighted by Gasteiger charge is -2.18. The van der Waals surface area contributed by atoms with Crippen molar-refractivity contribution < 1.29 is 4.74 Å². The van der Waals surface area contributed by atoms with Crippen molar-refractivity contribution in [3.8, 4) is 0 Å². The van der Waals surface area contributed by atoms with Crippen molar-refractivity contribution in [3.63, 3.8) is 0 Å². The van der Waals surface area contributed by atoms with Gasteiger partial charge in [0.1, 0.15) is 11.9 Å². The maximum absolute atomic E-state index is 11.8. The molecule has 0 aliphatic carbocycles. The van der Waals surface area contributed by atoms with Gasteiger partial charge in [0.05, 0.1) is 5.69 Å². The van der Waals surface area contributed by atoms with Crippen LogP contribution in [0.15, 0.2) is 4.79 Å². The smallest absolute Gasteiger partial charge is 0.254 e. The summed E-state index contributed by atoms with van der Waals surface area (Å²) in [7, 11) is 1.63. The van der Waals surface area contributed by atoms with E-state index in [-0.39, 0.29) is 11.7 Å². The molecule has 1 aromatic heterocycles. The lowest BCUT2D eigenvalue weighted by Crippen LogP contribution is -2.32. The summed E-state index contributed by atoms with van der Waals surface area (Å²) in [5.74, 6) is 0.637. The van der Waals surface area contributed by atoms with Crippen LogP contribution < -0.4 is 10.9 Å². The number of nitrogens with zero attached hydrogens (tertiary/aromatic N) is 1. The van der Waals surface area contributed by atoms with E-state index >= 15 is 0 Å². The van der Waals surface area contributed by atoms with E-state index in [0.29, 0.717) is 12.4 Å². The van der Waals surface area contributed by atoms with E-state index in [0.717, 1.165) is 30.6 Å². The number of aromatic nitrogens is 2. The number of ether oxygens (including phenoxy) is 1. The van der Waals surface area contributed by atoms with E-state index in [4.69, 9.17) is 4.74 Å². The second-order valence-corrected chi connectivity index (χ2v) is 3.94. The lowest BCUT2D eigenvalue weighted by atomic mass is 10.1. The van der Waals surface area contributed by atoms with E-state index in [9.17, 15) is 4.79 Å². The van der Waals surface area contributed by atoms with Crippen LogP contribution in [-0.4, -0.2) is 23.6 Å². The molecule has 0 spiro atoms. The molecule has 5 nitrogen and oxygen atoms in total. The van der Waals surface area contributed by atoms with Gasteiger partial charge in [-0.05, 0) is 19.4 Å². The average molecular weight is 223 g/mol. The summed E-state index contributed by atoms with van der Waals surface area (Å²) in [4.78, 5) is 19.1. The molecule has 0 radical (unpaired) electrons. The summed E-state index contributed by atoms with van der Waals surface area (Å²) in [5.41, 5.74) is 1.66. The van der Waals surface area contributed by atoms with Gasteiger partial charge >= 0.3 is 0 Å². The first-order valence-electron chi connectivity index (χ1n) is 5.61. The van der Waals surface area contributed by atoms with Gasteiger partial charge in [0.15, 0.2) is 0 Å². The third-order valence-electron chi connectivity index (χ3n) is 2.92. The number of aromatic amines is 1. The molecule has 16 heavy (non-hydrogen) atoms. The molecule has 0 aromatic carbocycles. The third-order valence-corrected chi connectivity index (χ3v) is 2.92. The van der Waals surface area contributed by atoms with Gasteiger partial charge in [-0.2, -0.15) is 0 Å². The molecule has 1 atom stereocenters. The molecule has 0 bridgehead atoms. The Bertz CT molecular complexity index is 424. The molecular formula is C11H17N3O2. The Morgan fingerprint density at radius 2 is 2.38 bits per heavy atom. The fourth-order valence-corrected chi connectivity index (χ4v) is 2.01. The normalized spacial score (nSPS) is 16.9. The first-order valence-corrected chi connectivity index (χ1v) is 5.61. The summed E-state index contributed by atoms with van der Waals surface area (Å²) < 4.78 is 5.28. The zero-order valence-electron chi connectivity index (χ0n) is 9.67. The van der Waals surface area contributed by atoms with Crippen LogP contribution in [0.2, 0.25) is 0 Å². The van der Waals surface area contributed by atoms with Gasteiger partial charge in [0, 0.05) is 19.2 Å². The minimum Gasteiger partial charge on any atom is -0.374 e. The fourth-order valence-electron chi connectivity index (χ4n) is 2.01. The van der Waals surface area contributed by atoms with Crippen LogP contribution in [0.4, 0.5) is 0 Å². The molecule has 1 unspecified atom stereocenters. The van der Waals surface area contributed by atoms with Crippen molar-refractivity contribution in [2.75, 3.05) is 13.7 Å². The van der Waals surface area contributed by atoms with Crippen molar-refractivity contribution in [2.45, 2.75) is 32.4 Å². The molecule has 5 heteroatoms. The van der Waals surface area contributed by atoms with Crippen molar-refractivity contribution in [2.24, 2.45) is 0 Å². The largest absolute Gasteiger partial charge is 0.374 e. The molecule has 0 saturated carbocycles. The summed E-state index contributed by atoms with van der Waals surface area (Å²) in [5, 5.41) is 3.21. The van der Waals surface area contributed by atoms with Crippen LogP contribution in [0.3, 0.4) is 0 Å². The minimum absolute atomic E-state index is 0.0167. The van der Waals surface area contributed by atoms with Gasteiger partial charge in [0.2, 0.25) is 0 Å².